The number of hydrogen-bond donors (Lipinski definition) is 3. The highest BCUT2D eigenvalue weighted by Gasteiger charge is 2.24. The molecule has 0 radical (unpaired) electrons. The fourth-order valence-corrected chi connectivity index (χ4v) is 4.61. The summed E-state index contributed by atoms with van der Waals surface area (Å²) in [5.41, 5.74) is 5.46. The largest absolute Gasteiger partial charge is 0.497 e. The minimum atomic E-state index is -0.301. The zero-order valence-electron chi connectivity index (χ0n) is 18.7. The number of para-hydroxylation sites is 2. The van der Waals surface area contributed by atoms with Crippen LogP contribution in [0.2, 0.25) is 0 Å². The maximum Gasteiger partial charge on any atom is 0.315 e. The summed E-state index contributed by atoms with van der Waals surface area (Å²) < 4.78 is 5.28. The molecule has 4 aromatic rings. The molecule has 0 bridgehead atoms. The number of fused-ring (bicyclic) bond motifs is 2. The van der Waals surface area contributed by atoms with Gasteiger partial charge in [0.25, 0.3) is 0 Å². The number of amides is 2. The first-order valence-electron chi connectivity index (χ1n) is 11.4. The lowest BCUT2D eigenvalue weighted by Crippen LogP contribution is -2.41. The third-order valence-electron chi connectivity index (χ3n) is 6.32. The van der Waals surface area contributed by atoms with Crippen LogP contribution in [-0.4, -0.2) is 23.1 Å². The standard InChI is InChI=1S/C27H28N4O2/c1-33-20-15-13-18(14-16-20)17-25(26-28-23-10-4-5-11-24(23)29-26)31-27(32)30-22-12-6-8-19-7-2-3-9-21(19)22/h2-5,7,9-11,13-16,22,25H,6,8,12,17H2,1H3,(H,28,29)(H2,30,31,32)/t22?,25-/m1/s1. The minimum absolute atomic E-state index is 0.0206. The molecule has 6 heteroatoms. The minimum Gasteiger partial charge on any atom is -0.497 e. The summed E-state index contributed by atoms with van der Waals surface area (Å²) in [6, 6.07) is 23.7. The van der Waals surface area contributed by atoms with Gasteiger partial charge in [-0.1, -0.05) is 48.5 Å². The van der Waals surface area contributed by atoms with Crippen LogP contribution in [0, 0.1) is 0 Å². The summed E-state index contributed by atoms with van der Waals surface area (Å²) in [7, 11) is 1.65. The number of imidazole rings is 1. The van der Waals surface area contributed by atoms with Crippen molar-refractivity contribution in [2.75, 3.05) is 7.11 Å². The molecule has 0 saturated carbocycles. The van der Waals surface area contributed by atoms with Gasteiger partial charge in [0.15, 0.2) is 0 Å². The Bertz CT molecular complexity index is 1220. The molecule has 1 aromatic heterocycles. The molecule has 3 N–H and O–H groups in total. The van der Waals surface area contributed by atoms with E-state index in [2.05, 4.69) is 33.8 Å². The zero-order valence-corrected chi connectivity index (χ0v) is 18.7. The Hall–Kier alpha value is -3.80. The van der Waals surface area contributed by atoms with Crippen molar-refractivity contribution in [3.63, 3.8) is 0 Å². The molecular formula is C27H28N4O2. The molecule has 168 valence electrons. The van der Waals surface area contributed by atoms with E-state index in [0.717, 1.165) is 47.4 Å². The molecule has 0 fully saturated rings. The monoisotopic (exact) mass is 440 g/mol. The molecule has 6 nitrogen and oxygen atoms in total. The summed E-state index contributed by atoms with van der Waals surface area (Å²) in [5.74, 6) is 1.55. The first kappa shape index (κ1) is 21.1. The number of hydrogen-bond acceptors (Lipinski definition) is 3. The number of ether oxygens (including phenoxy) is 1. The molecule has 0 saturated heterocycles. The quantitative estimate of drug-likeness (QED) is 0.384. The van der Waals surface area contributed by atoms with Gasteiger partial charge in [0.05, 0.1) is 30.2 Å². The second-order valence-corrected chi connectivity index (χ2v) is 8.51. The topological polar surface area (TPSA) is 79.0 Å². The maximum absolute atomic E-state index is 13.1. The molecule has 0 aliphatic heterocycles. The van der Waals surface area contributed by atoms with Crippen LogP contribution >= 0.6 is 0 Å². The fraction of sp³-hybridized carbons (Fsp3) is 0.259. The van der Waals surface area contributed by atoms with Crippen molar-refractivity contribution in [1.29, 1.82) is 0 Å². The average molecular weight is 441 g/mol. The fourth-order valence-electron chi connectivity index (χ4n) is 4.61. The first-order chi connectivity index (χ1) is 16.2. The lowest BCUT2D eigenvalue weighted by Gasteiger charge is -2.27. The highest BCUT2D eigenvalue weighted by molar-refractivity contribution is 5.77. The van der Waals surface area contributed by atoms with Crippen LogP contribution in [0.25, 0.3) is 11.0 Å². The number of nitrogens with one attached hydrogen (secondary N) is 3. The number of benzene rings is 3. The molecule has 3 aromatic carbocycles. The first-order valence-corrected chi connectivity index (χ1v) is 11.4. The number of aryl methyl sites for hydroxylation is 1. The molecule has 33 heavy (non-hydrogen) atoms. The third kappa shape index (κ3) is 4.70. The molecule has 2 atom stereocenters. The highest BCUT2D eigenvalue weighted by atomic mass is 16.5. The number of rotatable bonds is 6. The van der Waals surface area contributed by atoms with Gasteiger partial charge in [-0.15, -0.1) is 0 Å². The molecule has 1 unspecified atom stereocenters. The van der Waals surface area contributed by atoms with E-state index >= 15 is 0 Å². The van der Waals surface area contributed by atoms with E-state index in [-0.39, 0.29) is 18.1 Å². The van der Waals surface area contributed by atoms with Gasteiger partial charge in [-0.25, -0.2) is 9.78 Å². The molecule has 0 spiro atoms. The van der Waals surface area contributed by atoms with Crippen molar-refractivity contribution in [3.8, 4) is 5.75 Å². The number of urea groups is 1. The Balaban J connectivity index is 1.37. The van der Waals surface area contributed by atoms with Crippen LogP contribution < -0.4 is 15.4 Å². The Morgan fingerprint density at radius 2 is 1.88 bits per heavy atom. The summed E-state index contributed by atoms with van der Waals surface area (Å²) in [5, 5.41) is 6.38. The molecular weight excluding hydrogens is 412 g/mol. The van der Waals surface area contributed by atoms with E-state index in [4.69, 9.17) is 9.72 Å². The smallest absolute Gasteiger partial charge is 0.315 e. The van der Waals surface area contributed by atoms with Crippen LogP contribution in [0.5, 0.6) is 5.75 Å². The summed E-state index contributed by atoms with van der Waals surface area (Å²) in [6.45, 7) is 0. The Morgan fingerprint density at radius 1 is 1.09 bits per heavy atom. The predicted octanol–water partition coefficient (Wildman–Crippen LogP) is 5.23. The van der Waals surface area contributed by atoms with Gasteiger partial charge in [0, 0.05) is 0 Å². The molecule has 1 heterocycles. The molecule has 1 aliphatic rings. The summed E-state index contributed by atoms with van der Waals surface area (Å²) in [4.78, 5) is 21.3. The Kier molecular flexibility index (Phi) is 5.98. The van der Waals surface area contributed by atoms with E-state index in [1.807, 2.05) is 54.6 Å². The van der Waals surface area contributed by atoms with Crippen molar-refractivity contribution in [3.05, 3.63) is 95.3 Å². The number of methoxy groups -OCH3 is 1. The van der Waals surface area contributed by atoms with Crippen molar-refractivity contribution in [2.45, 2.75) is 37.8 Å². The SMILES string of the molecule is COc1ccc(C[C@@H](NC(=O)NC2CCCc3ccccc32)c2nc3ccccc3[nH]2)cc1. The second kappa shape index (κ2) is 9.36. The van der Waals surface area contributed by atoms with Crippen LogP contribution in [0.1, 0.15) is 47.4 Å². The van der Waals surface area contributed by atoms with Gasteiger partial charge in [0.1, 0.15) is 11.6 Å². The van der Waals surface area contributed by atoms with Gasteiger partial charge in [-0.3, -0.25) is 0 Å². The van der Waals surface area contributed by atoms with E-state index < -0.39 is 0 Å². The van der Waals surface area contributed by atoms with Crippen molar-refractivity contribution >= 4 is 17.1 Å². The molecule has 5 rings (SSSR count). The highest BCUT2D eigenvalue weighted by Crippen LogP contribution is 2.29. The number of carbonyl (C=O) groups excluding carboxylic acids is 1. The lowest BCUT2D eigenvalue weighted by atomic mass is 9.88. The number of aromatic amines is 1. The van der Waals surface area contributed by atoms with E-state index in [0.29, 0.717) is 6.42 Å². The average Bonchev–Trinajstić information content (AvgIpc) is 3.29. The summed E-state index contributed by atoms with van der Waals surface area (Å²) >= 11 is 0. The van der Waals surface area contributed by atoms with E-state index in [1.165, 1.54) is 11.1 Å². The third-order valence-corrected chi connectivity index (χ3v) is 6.32. The lowest BCUT2D eigenvalue weighted by molar-refractivity contribution is 0.231. The van der Waals surface area contributed by atoms with Gasteiger partial charge in [0.2, 0.25) is 0 Å². The second-order valence-electron chi connectivity index (χ2n) is 8.51. The van der Waals surface area contributed by atoms with Crippen LogP contribution in [0.3, 0.4) is 0 Å². The van der Waals surface area contributed by atoms with Crippen molar-refractivity contribution in [2.24, 2.45) is 0 Å². The van der Waals surface area contributed by atoms with Crippen LogP contribution in [0.4, 0.5) is 4.79 Å². The van der Waals surface area contributed by atoms with Gasteiger partial charge in [-0.2, -0.15) is 0 Å². The number of aromatic nitrogens is 2. The summed E-state index contributed by atoms with van der Waals surface area (Å²) in [6.07, 6.45) is 3.69. The van der Waals surface area contributed by atoms with Crippen LogP contribution in [0.15, 0.2) is 72.8 Å². The van der Waals surface area contributed by atoms with Gasteiger partial charge >= 0.3 is 6.03 Å². The zero-order chi connectivity index (χ0) is 22.6. The van der Waals surface area contributed by atoms with E-state index in [1.54, 1.807) is 7.11 Å². The predicted molar refractivity (Wildman–Crippen MR) is 129 cm³/mol. The Labute approximate surface area is 193 Å². The maximum atomic E-state index is 13.1. The molecule has 2 amide bonds. The van der Waals surface area contributed by atoms with Gasteiger partial charge in [-0.05, 0) is 66.6 Å². The molecule has 1 aliphatic carbocycles. The number of H-pyrrole nitrogens is 1. The number of carbonyl (C=O) groups is 1. The normalized spacial score (nSPS) is 16.1. The van der Waals surface area contributed by atoms with Crippen molar-refractivity contribution < 1.29 is 9.53 Å². The number of nitrogens with zero attached hydrogens (tertiary/aromatic N) is 1. The Morgan fingerprint density at radius 3 is 2.70 bits per heavy atom. The van der Waals surface area contributed by atoms with Crippen molar-refractivity contribution in [1.82, 2.24) is 20.6 Å². The van der Waals surface area contributed by atoms with Gasteiger partial charge < -0.3 is 20.4 Å². The van der Waals surface area contributed by atoms with E-state index in [9.17, 15) is 4.79 Å². The van der Waals surface area contributed by atoms with Crippen LogP contribution in [-0.2, 0) is 12.8 Å².